The lowest BCUT2D eigenvalue weighted by molar-refractivity contribution is 0.0993. The molecule has 2 atom stereocenters. The molecule has 0 heterocycles. The van der Waals surface area contributed by atoms with E-state index in [-0.39, 0.29) is 5.91 Å². The first-order valence-electron chi connectivity index (χ1n) is 6.85. The third-order valence-electron chi connectivity index (χ3n) is 3.87. The summed E-state index contributed by atoms with van der Waals surface area (Å²) in [4.78, 5) is 14.1. The van der Waals surface area contributed by atoms with Gasteiger partial charge in [0.2, 0.25) is 0 Å². The van der Waals surface area contributed by atoms with Gasteiger partial charge in [-0.3, -0.25) is 4.79 Å². The van der Waals surface area contributed by atoms with E-state index in [1.54, 1.807) is 11.9 Å². The quantitative estimate of drug-likeness (QED) is 0.928. The summed E-state index contributed by atoms with van der Waals surface area (Å²) in [5.41, 5.74) is 8.68. The lowest BCUT2D eigenvalue weighted by atomic mass is 10.1. The van der Waals surface area contributed by atoms with Crippen LogP contribution in [0.2, 0.25) is 0 Å². The van der Waals surface area contributed by atoms with E-state index in [4.69, 9.17) is 5.73 Å². The number of hydrogen-bond acceptors (Lipinski definition) is 2. The average Bonchev–Trinajstić information content (AvgIpc) is 3.24. The molecule has 1 amide bonds. The number of rotatable bonds is 3. The number of carbonyl (C=O) groups is 1. The van der Waals surface area contributed by atoms with Gasteiger partial charge in [0, 0.05) is 30.3 Å². The Labute approximate surface area is 119 Å². The van der Waals surface area contributed by atoms with Gasteiger partial charge in [-0.15, -0.1) is 0 Å². The Morgan fingerprint density at radius 2 is 1.70 bits per heavy atom. The van der Waals surface area contributed by atoms with Crippen LogP contribution in [-0.4, -0.2) is 19.0 Å². The molecule has 20 heavy (non-hydrogen) atoms. The molecule has 0 bridgehead atoms. The zero-order chi connectivity index (χ0) is 14.1. The largest absolute Gasteiger partial charge is 0.327 e. The van der Waals surface area contributed by atoms with E-state index in [0.717, 1.165) is 12.1 Å². The molecule has 0 unspecified atom stereocenters. The zero-order valence-electron chi connectivity index (χ0n) is 11.5. The molecule has 2 N–H and O–H groups in total. The maximum absolute atomic E-state index is 12.4. The highest BCUT2D eigenvalue weighted by Crippen LogP contribution is 2.38. The number of hydrogen-bond donors (Lipinski definition) is 1. The molecule has 3 rings (SSSR count). The van der Waals surface area contributed by atoms with Crippen molar-refractivity contribution in [3.05, 3.63) is 65.7 Å². The highest BCUT2D eigenvalue weighted by atomic mass is 16.2. The van der Waals surface area contributed by atoms with E-state index in [1.807, 2.05) is 54.6 Å². The van der Waals surface area contributed by atoms with Gasteiger partial charge in [0.25, 0.3) is 5.91 Å². The van der Waals surface area contributed by atoms with Crippen LogP contribution in [0.25, 0.3) is 0 Å². The maximum atomic E-state index is 12.4. The maximum Gasteiger partial charge on any atom is 0.258 e. The number of nitrogens with two attached hydrogens (primary N) is 1. The summed E-state index contributed by atoms with van der Waals surface area (Å²) in [5, 5.41) is 0. The molecule has 3 nitrogen and oxygen atoms in total. The molecule has 1 aliphatic rings. The topological polar surface area (TPSA) is 46.3 Å². The number of carbonyl (C=O) groups excluding carboxylic acids is 1. The summed E-state index contributed by atoms with van der Waals surface area (Å²) in [6, 6.07) is 17.8. The molecule has 0 spiro atoms. The summed E-state index contributed by atoms with van der Waals surface area (Å²) in [6.45, 7) is 0. The van der Waals surface area contributed by atoms with Crippen molar-refractivity contribution in [1.29, 1.82) is 0 Å². The first kappa shape index (κ1) is 12.9. The van der Waals surface area contributed by atoms with Crippen molar-refractivity contribution in [2.24, 2.45) is 5.73 Å². The summed E-state index contributed by atoms with van der Waals surface area (Å²) in [5.74, 6) is 0.480. The molecule has 0 aromatic heterocycles. The number of para-hydroxylation sites is 1. The summed E-state index contributed by atoms with van der Waals surface area (Å²) < 4.78 is 0. The van der Waals surface area contributed by atoms with Crippen LogP contribution in [0.15, 0.2) is 54.6 Å². The van der Waals surface area contributed by atoms with Crippen molar-refractivity contribution in [1.82, 2.24) is 0 Å². The fraction of sp³-hybridized carbons (Fsp3) is 0.235. The fourth-order valence-electron chi connectivity index (χ4n) is 2.43. The highest BCUT2D eigenvalue weighted by molar-refractivity contribution is 6.05. The Hall–Kier alpha value is -2.13. The first-order valence-corrected chi connectivity index (χ1v) is 6.85. The zero-order valence-corrected chi connectivity index (χ0v) is 11.5. The predicted octanol–water partition coefficient (Wildman–Crippen LogP) is 2.78. The van der Waals surface area contributed by atoms with Gasteiger partial charge in [0.15, 0.2) is 0 Å². The van der Waals surface area contributed by atoms with Crippen LogP contribution in [-0.2, 0) is 0 Å². The predicted molar refractivity (Wildman–Crippen MR) is 81.0 cm³/mol. The Kier molecular flexibility index (Phi) is 3.28. The molecular formula is C17H18N2O. The van der Waals surface area contributed by atoms with Crippen LogP contribution in [0.5, 0.6) is 0 Å². The molecule has 0 saturated heterocycles. The van der Waals surface area contributed by atoms with Gasteiger partial charge in [0.05, 0.1) is 0 Å². The van der Waals surface area contributed by atoms with Crippen LogP contribution in [0.1, 0.15) is 28.3 Å². The standard InChI is InChI=1S/C17H18N2O/c1-19(14-5-3-2-4-6-14)17(20)13-9-7-12(8-10-13)15-11-16(15)18/h2-10,15-16H,11,18H2,1H3/t15-,16+/m0/s1. The van der Waals surface area contributed by atoms with Crippen molar-refractivity contribution >= 4 is 11.6 Å². The van der Waals surface area contributed by atoms with Crippen LogP contribution in [0.4, 0.5) is 5.69 Å². The van der Waals surface area contributed by atoms with Gasteiger partial charge in [-0.05, 0) is 36.2 Å². The summed E-state index contributed by atoms with van der Waals surface area (Å²) >= 11 is 0. The number of nitrogens with zero attached hydrogens (tertiary/aromatic N) is 1. The Bertz CT molecular complexity index is 607. The van der Waals surface area contributed by atoms with E-state index in [2.05, 4.69) is 0 Å². The molecule has 2 aromatic carbocycles. The smallest absolute Gasteiger partial charge is 0.258 e. The van der Waals surface area contributed by atoms with Crippen LogP contribution < -0.4 is 10.6 Å². The minimum atomic E-state index is 0.00263. The molecule has 3 heteroatoms. The van der Waals surface area contributed by atoms with Crippen molar-refractivity contribution in [3.8, 4) is 0 Å². The van der Waals surface area contributed by atoms with Gasteiger partial charge < -0.3 is 10.6 Å². The minimum Gasteiger partial charge on any atom is -0.327 e. The number of anilines is 1. The third-order valence-corrected chi connectivity index (χ3v) is 3.87. The van der Waals surface area contributed by atoms with Gasteiger partial charge in [-0.25, -0.2) is 0 Å². The molecule has 0 aliphatic heterocycles. The minimum absolute atomic E-state index is 0.00263. The van der Waals surface area contributed by atoms with Crippen LogP contribution in [0, 0.1) is 0 Å². The second-order valence-electron chi connectivity index (χ2n) is 5.33. The van der Waals surface area contributed by atoms with Crippen molar-refractivity contribution in [2.75, 3.05) is 11.9 Å². The Balaban J connectivity index is 1.77. The fourth-order valence-corrected chi connectivity index (χ4v) is 2.43. The average molecular weight is 266 g/mol. The first-order chi connectivity index (χ1) is 9.66. The molecule has 1 saturated carbocycles. The summed E-state index contributed by atoms with van der Waals surface area (Å²) in [6.07, 6.45) is 1.05. The van der Waals surface area contributed by atoms with Gasteiger partial charge >= 0.3 is 0 Å². The van der Waals surface area contributed by atoms with E-state index in [0.29, 0.717) is 17.5 Å². The lowest BCUT2D eigenvalue weighted by Gasteiger charge is -2.17. The van der Waals surface area contributed by atoms with E-state index < -0.39 is 0 Å². The lowest BCUT2D eigenvalue weighted by Crippen LogP contribution is -2.26. The van der Waals surface area contributed by atoms with Crippen molar-refractivity contribution < 1.29 is 4.79 Å². The molecule has 1 aliphatic carbocycles. The van der Waals surface area contributed by atoms with Gasteiger partial charge in [0.1, 0.15) is 0 Å². The third kappa shape index (κ3) is 2.45. The molecule has 2 aromatic rings. The number of benzene rings is 2. The Morgan fingerprint density at radius 3 is 2.25 bits per heavy atom. The van der Waals surface area contributed by atoms with Gasteiger partial charge in [-0.2, -0.15) is 0 Å². The van der Waals surface area contributed by atoms with Crippen molar-refractivity contribution in [2.45, 2.75) is 18.4 Å². The second-order valence-corrected chi connectivity index (χ2v) is 5.33. The Morgan fingerprint density at radius 1 is 1.10 bits per heavy atom. The van der Waals surface area contributed by atoms with Crippen LogP contribution >= 0.6 is 0 Å². The number of amides is 1. The van der Waals surface area contributed by atoms with E-state index in [1.165, 1.54) is 5.56 Å². The molecular weight excluding hydrogens is 248 g/mol. The summed E-state index contributed by atoms with van der Waals surface area (Å²) in [7, 11) is 1.79. The highest BCUT2D eigenvalue weighted by Gasteiger charge is 2.34. The second kappa shape index (κ2) is 5.10. The SMILES string of the molecule is CN(C(=O)c1ccc([C@@H]2C[C@H]2N)cc1)c1ccccc1. The molecule has 0 radical (unpaired) electrons. The van der Waals surface area contributed by atoms with E-state index in [9.17, 15) is 4.79 Å². The van der Waals surface area contributed by atoms with Crippen LogP contribution in [0.3, 0.4) is 0 Å². The normalized spacial score (nSPS) is 20.5. The molecule has 102 valence electrons. The monoisotopic (exact) mass is 266 g/mol. The van der Waals surface area contributed by atoms with E-state index >= 15 is 0 Å². The van der Waals surface area contributed by atoms with Crippen molar-refractivity contribution in [3.63, 3.8) is 0 Å². The van der Waals surface area contributed by atoms with Gasteiger partial charge in [-0.1, -0.05) is 30.3 Å². The molecule has 1 fully saturated rings.